The summed E-state index contributed by atoms with van der Waals surface area (Å²) in [6, 6.07) is 9.45. The van der Waals surface area contributed by atoms with Crippen LogP contribution in [0.2, 0.25) is 0 Å². The van der Waals surface area contributed by atoms with Gasteiger partial charge in [-0.2, -0.15) is 0 Å². The van der Waals surface area contributed by atoms with Crippen LogP contribution in [0.5, 0.6) is 0 Å². The molecule has 32 heavy (non-hydrogen) atoms. The lowest BCUT2D eigenvalue weighted by Crippen LogP contribution is -2.13. The van der Waals surface area contributed by atoms with E-state index in [1.807, 2.05) is 6.92 Å². The monoisotopic (exact) mass is 457 g/mol. The fraction of sp³-hybridized carbons (Fsp3) is 0.130. The number of ketones is 1. The number of halogens is 3. The Morgan fingerprint density at radius 3 is 2.56 bits per heavy atom. The van der Waals surface area contributed by atoms with Crippen LogP contribution in [0.4, 0.5) is 18.9 Å². The molecule has 0 radical (unpaired) electrons. The number of nitrogens with one attached hydrogen (secondary N) is 2. The van der Waals surface area contributed by atoms with Crippen LogP contribution in [0.15, 0.2) is 54.9 Å². The Morgan fingerprint density at radius 1 is 1.09 bits per heavy atom. The fourth-order valence-electron chi connectivity index (χ4n) is 3.32. The number of aromatic amines is 1. The number of hydrogen-bond acceptors (Lipinski definition) is 3. The van der Waals surface area contributed by atoms with E-state index >= 15 is 4.39 Å². The molecule has 1 atom stereocenters. The Bertz CT molecular complexity index is 1340. The first-order chi connectivity index (χ1) is 15.4. The minimum Gasteiger partial charge on any atom is -0.345 e. The first-order valence-corrected chi connectivity index (χ1v) is 11.1. The molecule has 4 aromatic rings. The number of carbonyl (C=O) groups excluding carboxylic acids is 1. The van der Waals surface area contributed by atoms with Crippen LogP contribution in [0, 0.1) is 17.5 Å². The number of anilines is 1. The first kappa shape index (κ1) is 21.8. The Balaban J connectivity index is 1.76. The molecule has 5 nitrogen and oxygen atoms in total. The molecule has 0 spiro atoms. The van der Waals surface area contributed by atoms with Gasteiger partial charge in [0.05, 0.1) is 11.3 Å². The molecule has 4 rings (SSSR count). The van der Waals surface area contributed by atoms with E-state index in [4.69, 9.17) is 0 Å². The molecule has 0 fully saturated rings. The van der Waals surface area contributed by atoms with Gasteiger partial charge in [-0.15, -0.1) is 0 Å². The molecule has 2 heterocycles. The highest BCUT2D eigenvalue weighted by Crippen LogP contribution is 2.29. The predicted molar refractivity (Wildman–Crippen MR) is 118 cm³/mol. The van der Waals surface area contributed by atoms with Crippen LogP contribution in [-0.2, 0) is 11.0 Å². The van der Waals surface area contributed by atoms with Crippen LogP contribution < -0.4 is 4.72 Å². The first-order valence-electron chi connectivity index (χ1n) is 9.79. The number of aromatic nitrogens is 2. The highest BCUT2D eigenvalue weighted by atomic mass is 32.2. The summed E-state index contributed by atoms with van der Waals surface area (Å²) in [7, 11) is -1.56. The Hall–Kier alpha value is -3.46. The third kappa shape index (κ3) is 4.16. The fourth-order valence-corrected chi connectivity index (χ4v) is 4.20. The van der Waals surface area contributed by atoms with E-state index in [9.17, 15) is 17.8 Å². The van der Waals surface area contributed by atoms with Gasteiger partial charge in [-0.3, -0.25) is 4.79 Å². The number of hydrogen-bond donors (Lipinski definition) is 2. The van der Waals surface area contributed by atoms with Crippen molar-refractivity contribution in [2.75, 3.05) is 10.5 Å². The number of H-pyrrole nitrogens is 1. The summed E-state index contributed by atoms with van der Waals surface area (Å²) < 4.78 is 57.2. The summed E-state index contributed by atoms with van der Waals surface area (Å²) in [6.45, 7) is 1.82. The van der Waals surface area contributed by atoms with Crippen molar-refractivity contribution in [1.82, 2.24) is 9.97 Å². The molecule has 0 aliphatic rings. The number of carbonyl (C=O) groups is 1. The SMILES string of the molecule is CCCS(=O)Nc1ccc(F)c(C(=O)c2c[nH]c3ncc(-c4ccc(F)cc4)cc23)c1F. The maximum atomic E-state index is 15.0. The molecule has 0 saturated heterocycles. The minimum absolute atomic E-state index is 0.0288. The smallest absolute Gasteiger partial charge is 0.201 e. The van der Waals surface area contributed by atoms with Gasteiger partial charge in [-0.1, -0.05) is 19.1 Å². The normalized spacial score (nSPS) is 12.1. The summed E-state index contributed by atoms with van der Waals surface area (Å²) >= 11 is 0. The van der Waals surface area contributed by atoms with Gasteiger partial charge in [0.1, 0.15) is 28.3 Å². The van der Waals surface area contributed by atoms with E-state index in [1.165, 1.54) is 18.3 Å². The van der Waals surface area contributed by atoms with E-state index in [2.05, 4.69) is 14.7 Å². The molecule has 0 bridgehead atoms. The summed E-state index contributed by atoms with van der Waals surface area (Å²) in [5, 5.41) is 0.364. The zero-order chi connectivity index (χ0) is 22.8. The zero-order valence-electron chi connectivity index (χ0n) is 16.9. The molecular weight excluding hydrogens is 439 g/mol. The van der Waals surface area contributed by atoms with Crippen molar-refractivity contribution >= 4 is 33.5 Å². The van der Waals surface area contributed by atoms with E-state index < -0.39 is 34.0 Å². The average molecular weight is 457 g/mol. The highest BCUT2D eigenvalue weighted by molar-refractivity contribution is 7.86. The van der Waals surface area contributed by atoms with Gasteiger partial charge in [-0.25, -0.2) is 22.4 Å². The van der Waals surface area contributed by atoms with Gasteiger partial charge in [0.2, 0.25) is 5.78 Å². The molecule has 2 aromatic carbocycles. The number of nitrogens with zero attached hydrogens (tertiary/aromatic N) is 1. The molecule has 164 valence electrons. The molecule has 0 amide bonds. The second-order valence-electron chi connectivity index (χ2n) is 7.09. The number of fused-ring (bicyclic) bond motifs is 1. The second kappa shape index (κ2) is 8.96. The average Bonchev–Trinajstić information content (AvgIpc) is 3.20. The van der Waals surface area contributed by atoms with Gasteiger partial charge in [0.15, 0.2) is 5.82 Å². The lowest BCUT2D eigenvalue weighted by atomic mass is 10.00. The number of pyridine rings is 1. The standard InChI is InChI=1S/C23H18F3N3O2S/c1-2-9-32(31)29-19-8-7-18(25)20(21(19)26)22(30)17-12-28-23-16(17)10-14(11-27-23)13-3-5-15(24)6-4-13/h3-8,10-12,29H,2,9H2,1H3,(H,27,28). The second-order valence-corrected chi connectivity index (χ2v) is 8.40. The van der Waals surface area contributed by atoms with Crippen LogP contribution in [0.3, 0.4) is 0 Å². The van der Waals surface area contributed by atoms with Crippen LogP contribution in [0.1, 0.15) is 29.3 Å². The van der Waals surface area contributed by atoms with Gasteiger partial charge < -0.3 is 9.71 Å². The van der Waals surface area contributed by atoms with E-state index in [1.54, 1.807) is 24.4 Å². The maximum Gasteiger partial charge on any atom is 0.201 e. The van der Waals surface area contributed by atoms with Crippen LogP contribution >= 0.6 is 0 Å². The van der Waals surface area contributed by atoms with Gasteiger partial charge >= 0.3 is 0 Å². The third-order valence-corrected chi connectivity index (χ3v) is 6.11. The van der Waals surface area contributed by atoms with Crippen molar-refractivity contribution in [3.63, 3.8) is 0 Å². The summed E-state index contributed by atoms with van der Waals surface area (Å²) in [6.07, 6.45) is 3.49. The molecule has 2 aromatic heterocycles. The molecule has 2 N–H and O–H groups in total. The van der Waals surface area contributed by atoms with Crippen molar-refractivity contribution < 1.29 is 22.2 Å². The predicted octanol–water partition coefficient (Wildman–Crippen LogP) is 5.36. The van der Waals surface area contributed by atoms with Crippen molar-refractivity contribution in [3.05, 3.63) is 83.4 Å². The lowest BCUT2D eigenvalue weighted by Gasteiger charge is -2.10. The third-order valence-electron chi connectivity index (χ3n) is 4.88. The Labute approximate surface area is 184 Å². The largest absolute Gasteiger partial charge is 0.345 e. The Morgan fingerprint density at radius 2 is 1.84 bits per heavy atom. The molecule has 1 unspecified atom stereocenters. The zero-order valence-corrected chi connectivity index (χ0v) is 17.7. The molecule has 0 aliphatic heterocycles. The quantitative estimate of drug-likeness (QED) is 0.367. The van der Waals surface area contributed by atoms with E-state index in [-0.39, 0.29) is 22.8 Å². The molecule has 0 aliphatic carbocycles. The number of benzene rings is 2. The highest BCUT2D eigenvalue weighted by Gasteiger charge is 2.25. The summed E-state index contributed by atoms with van der Waals surface area (Å²) in [5.74, 6) is -3.14. The number of rotatable bonds is 7. The minimum atomic E-state index is -1.56. The van der Waals surface area contributed by atoms with E-state index in [0.717, 1.165) is 12.1 Å². The van der Waals surface area contributed by atoms with Gasteiger partial charge in [0, 0.05) is 34.7 Å². The maximum absolute atomic E-state index is 15.0. The van der Waals surface area contributed by atoms with Crippen molar-refractivity contribution in [2.24, 2.45) is 0 Å². The van der Waals surface area contributed by atoms with Crippen LogP contribution in [-0.4, -0.2) is 25.7 Å². The molecular formula is C23H18F3N3O2S. The topological polar surface area (TPSA) is 74.8 Å². The van der Waals surface area contributed by atoms with Crippen molar-refractivity contribution in [1.29, 1.82) is 0 Å². The van der Waals surface area contributed by atoms with Crippen molar-refractivity contribution in [3.8, 4) is 11.1 Å². The van der Waals surface area contributed by atoms with E-state index in [0.29, 0.717) is 28.6 Å². The summed E-state index contributed by atoms with van der Waals surface area (Å²) in [4.78, 5) is 20.2. The summed E-state index contributed by atoms with van der Waals surface area (Å²) in [5.41, 5.74) is 0.697. The van der Waals surface area contributed by atoms with Crippen molar-refractivity contribution in [2.45, 2.75) is 13.3 Å². The Kier molecular flexibility index (Phi) is 6.09. The van der Waals surface area contributed by atoms with Gasteiger partial charge in [-0.05, 0) is 42.3 Å². The van der Waals surface area contributed by atoms with Crippen LogP contribution in [0.25, 0.3) is 22.2 Å². The molecule has 9 heteroatoms. The molecule has 0 saturated carbocycles. The lowest BCUT2D eigenvalue weighted by molar-refractivity contribution is 0.103. The van der Waals surface area contributed by atoms with Gasteiger partial charge in [0.25, 0.3) is 0 Å².